The van der Waals surface area contributed by atoms with Gasteiger partial charge in [0.05, 0.1) is 8.41 Å². The molecule has 0 aliphatic rings. The van der Waals surface area contributed by atoms with Crippen LogP contribution in [0.15, 0.2) is 0 Å². The van der Waals surface area contributed by atoms with Crippen LogP contribution in [0.25, 0.3) is 0 Å². The van der Waals surface area contributed by atoms with Gasteiger partial charge in [0.1, 0.15) is 0 Å². The van der Waals surface area contributed by atoms with Crippen LogP contribution in [-0.4, -0.2) is 90.1 Å². The Bertz CT molecular complexity index is 11.6. The molecule has 0 aromatic rings. The average Bonchev–Trinajstić information content (AvgIpc) is 0. The Morgan fingerprint density at radius 1 is 1.00 bits per heavy atom. The fourth-order valence-corrected chi connectivity index (χ4v) is 0. The molecule has 5 heteroatoms. The van der Waals surface area contributed by atoms with Gasteiger partial charge < -0.3 is 5.48 Å². The zero-order valence-corrected chi connectivity index (χ0v) is 10.4. The summed E-state index contributed by atoms with van der Waals surface area (Å²) in [7, 11) is 0. The molecule has 26 valence electrons. The summed E-state index contributed by atoms with van der Waals surface area (Å²) >= 11 is 0. The van der Waals surface area contributed by atoms with Gasteiger partial charge in [-0.25, -0.2) is 0 Å². The van der Waals surface area contributed by atoms with E-state index in [9.17, 15) is 0 Å². The van der Waals surface area contributed by atoms with E-state index >= 15 is 0 Å². The molecule has 0 amide bonds. The zero-order valence-electron chi connectivity index (χ0n) is 1.91. The Kier molecular flexibility index (Phi) is 230. The van der Waals surface area contributed by atoms with E-state index in [1.807, 2.05) is 0 Å². The third-order valence-corrected chi connectivity index (χ3v) is 0. The Morgan fingerprint density at radius 2 is 1.00 bits per heavy atom. The monoisotopic (exact) mass is 446 g/mol. The van der Waals surface area contributed by atoms with E-state index < -0.39 is 0 Å². The van der Waals surface area contributed by atoms with E-state index in [2.05, 4.69) is 0 Å². The van der Waals surface area contributed by atoms with Crippen LogP contribution in [0.1, 0.15) is 0 Å². The summed E-state index contributed by atoms with van der Waals surface area (Å²) in [6, 6.07) is 0. The maximum Gasteiger partial charge on any atom is 0 e. The van der Waals surface area contributed by atoms with Gasteiger partial charge in [-0.2, -0.15) is 0 Å². The summed E-state index contributed by atoms with van der Waals surface area (Å²) in [6.45, 7) is 0. The Morgan fingerprint density at radius 3 is 1.00 bits per heavy atom. The molecule has 0 spiro atoms. The standard InChI is InChI=1S/BH3.Ba.H2O.Pb.Zn.4H/h1H3;;1H2;;;;;;. The van der Waals surface area contributed by atoms with Crippen LogP contribution in [0.4, 0.5) is 0 Å². The number of hydrogen-bond acceptors (Lipinski definition) is 0. The molecule has 0 heterocycles. The van der Waals surface area contributed by atoms with Gasteiger partial charge in [-0.1, -0.05) is 0 Å². The molecule has 0 rings (SSSR count). The molecule has 0 aliphatic heterocycles. The summed E-state index contributed by atoms with van der Waals surface area (Å²) < 4.78 is 0. The predicted molar refractivity (Wildman–Crippen MR) is 30.6 cm³/mol. The van der Waals surface area contributed by atoms with Crippen molar-refractivity contribution >= 4 is 84.6 Å². The van der Waals surface area contributed by atoms with Gasteiger partial charge in [-0.3, -0.25) is 0 Å². The summed E-state index contributed by atoms with van der Waals surface area (Å²) in [4.78, 5) is 0. The minimum atomic E-state index is 0. The van der Waals surface area contributed by atoms with Crippen molar-refractivity contribution in [1.82, 2.24) is 0 Å². The van der Waals surface area contributed by atoms with Crippen LogP contribution in [0.2, 0.25) is 0 Å². The van der Waals surface area contributed by atoms with E-state index in [1.54, 1.807) is 0 Å². The van der Waals surface area contributed by atoms with Gasteiger partial charge in [0.2, 0.25) is 0 Å². The molecular weight excluding hydrogens is 437 g/mol. The van der Waals surface area contributed by atoms with Crippen LogP contribution >= 0.6 is 0 Å². The Balaban J connectivity index is 0. The zero-order chi connectivity index (χ0) is 0. The smallest absolute Gasteiger partial charge is 0 e. The van der Waals surface area contributed by atoms with Crippen molar-refractivity contribution < 1.29 is 25.0 Å². The molecule has 2 radical (unpaired) electrons. The topological polar surface area (TPSA) is 31.5 Å². The summed E-state index contributed by atoms with van der Waals surface area (Å²) in [5.41, 5.74) is 0. The summed E-state index contributed by atoms with van der Waals surface area (Å²) in [6.07, 6.45) is 0. The second kappa shape index (κ2) is 27.3. The van der Waals surface area contributed by atoms with Gasteiger partial charge >= 0.3 is 76.2 Å². The molecule has 0 saturated carbocycles. The molecule has 0 aliphatic carbocycles. The Hall–Kier alpha value is 3.14. The molecule has 0 fully saturated rings. The van der Waals surface area contributed by atoms with Gasteiger partial charge in [0, 0.05) is 19.5 Å². The second-order valence-corrected chi connectivity index (χ2v) is 0. The number of hydrogen-bond donors (Lipinski definition) is 0. The quantitative estimate of drug-likeness (QED) is 0.342. The van der Waals surface area contributed by atoms with Crippen LogP contribution in [0.3, 0.4) is 0 Å². The van der Waals surface area contributed by atoms with Crippen molar-refractivity contribution in [3.8, 4) is 0 Å². The maximum atomic E-state index is 0. The second-order valence-electron chi connectivity index (χ2n) is 0. The minimum Gasteiger partial charge on any atom is 0 e. The Labute approximate surface area is 107 Å². The maximum absolute atomic E-state index is 0. The molecule has 2 N–H and O–H groups in total. The van der Waals surface area contributed by atoms with E-state index in [-0.39, 0.29) is 110 Å². The molecule has 0 aromatic carbocycles. The first kappa shape index (κ1) is 42.1. The van der Waals surface area contributed by atoms with Gasteiger partial charge in [-0.05, 0) is 0 Å². The van der Waals surface area contributed by atoms with E-state index in [0.717, 1.165) is 0 Å². The average molecular weight is 446 g/mol. The van der Waals surface area contributed by atoms with Crippen molar-refractivity contribution in [3.05, 3.63) is 0 Å². The van der Waals surface area contributed by atoms with Crippen molar-refractivity contribution in [2.75, 3.05) is 0 Å². The van der Waals surface area contributed by atoms with E-state index in [0.29, 0.717) is 0 Å². The fraction of sp³-hybridized carbons (Fsp3) is 0. The van der Waals surface area contributed by atoms with Crippen molar-refractivity contribution in [1.29, 1.82) is 0 Å². The molecule has 0 bridgehead atoms. The normalized spacial score (nSPS) is 0. The largest absolute Gasteiger partial charge is 0 e. The first-order chi connectivity index (χ1) is 0. The van der Waals surface area contributed by atoms with E-state index in [4.69, 9.17) is 0 Å². The van der Waals surface area contributed by atoms with Gasteiger partial charge in [-0.15, -0.1) is 0 Å². The predicted octanol–water partition coefficient (Wildman–Crippen LogP) is -3.84. The van der Waals surface area contributed by atoms with Crippen molar-refractivity contribution in [2.24, 2.45) is 0 Å². The summed E-state index contributed by atoms with van der Waals surface area (Å²) in [5.74, 6) is 0. The van der Waals surface area contributed by atoms with Gasteiger partial charge in [0.15, 0.2) is 0 Å². The van der Waals surface area contributed by atoms with Crippen LogP contribution in [0.5, 0.6) is 0 Å². The molecule has 0 atom stereocenters. The number of rotatable bonds is 0. The van der Waals surface area contributed by atoms with Crippen LogP contribution < -0.4 is 0 Å². The third-order valence-electron chi connectivity index (χ3n) is 0. The van der Waals surface area contributed by atoms with Crippen LogP contribution in [-0.2, 0) is 19.5 Å². The first-order valence-electron chi connectivity index (χ1n) is 0. The fourth-order valence-electron chi connectivity index (χ4n) is 0. The summed E-state index contributed by atoms with van der Waals surface area (Å²) in [5, 5.41) is 0. The first-order valence-corrected chi connectivity index (χ1v) is 0. The molecule has 1 nitrogen and oxygen atoms in total. The van der Waals surface area contributed by atoms with E-state index in [1.165, 1.54) is 0 Å². The minimum absolute atomic E-state index is 0. The third kappa shape index (κ3) is 19.1. The van der Waals surface area contributed by atoms with Crippen molar-refractivity contribution in [3.63, 3.8) is 0 Å². The molecular formula is H9BBaOPbZn. The van der Waals surface area contributed by atoms with Crippen molar-refractivity contribution in [2.45, 2.75) is 0 Å². The molecule has 0 aromatic heterocycles. The van der Waals surface area contributed by atoms with Gasteiger partial charge in [0.25, 0.3) is 0 Å². The molecule has 5 heavy (non-hydrogen) atoms. The SMILES string of the molecule is B.O.[BaH2].[PbH2].[Zn]. The molecule has 0 saturated heterocycles. The molecule has 0 unspecified atom stereocenters. The van der Waals surface area contributed by atoms with Crippen LogP contribution in [0, 0.1) is 0 Å².